The summed E-state index contributed by atoms with van der Waals surface area (Å²) >= 11 is 0. The number of fused-ring (bicyclic) bond motifs is 3. The van der Waals surface area contributed by atoms with Gasteiger partial charge < -0.3 is 10.0 Å². The Kier molecular flexibility index (Phi) is 7.25. The first-order chi connectivity index (χ1) is 17.9. The first-order valence-electron chi connectivity index (χ1n) is 12.3. The number of hydrogen-bond acceptors (Lipinski definition) is 6. The van der Waals surface area contributed by atoms with Gasteiger partial charge in [0.05, 0.1) is 5.75 Å². The Bertz CT molecular complexity index is 1740. The summed E-state index contributed by atoms with van der Waals surface area (Å²) in [6, 6.07) is 12.1. The fourth-order valence-corrected chi connectivity index (χ4v) is 5.62. The summed E-state index contributed by atoms with van der Waals surface area (Å²) in [4.78, 5) is 26.9. The molecule has 0 saturated heterocycles. The van der Waals surface area contributed by atoms with Crippen LogP contribution in [0.25, 0.3) is 16.8 Å². The van der Waals surface area contributed by atoms with E-state index in [9.17, 15) is 27.7 Å². The smallest absolute Gasteiger partial charge is 0.333 e. The molecular weight excluding hydrogens is 506 g/mol. The fourth-order valence-electron chi connectivity index (χ4n) is 5.13. The first-order valence-corrected chi connectivity index (χ1v) is 13.9. The third-order valence-corrected chi connectivity index (χ3v) is 7.78. The van der Waals surface area contributed by atoms with Crippen molar-refractivity contribution in [3.05, 3.63) is 91.9 Å². The highest BCUT2D eigenvalue weighted by Gasteiger charge is 2.40. The van der Waals surface area contributed by atoms with Crippen molar-refractivity contribution in [3.63, 3.8) is 0 Å². The summed E-state index contributed by atoms with van der Waals surface area (Å²) < 4.78 is 34.0. The fraction of sp³-hybridized carbons (Fsp3) is 0.321. The van der Waals surface area contributed by atoms with E-state index in [1.165, 1.54) is 13.1 Å². The number of benzene rings is 2. The lowest BCUT2D eigenvalue weighted by molar-refractivity contribution is 0.407. The van der Waals surface area contributed by atoms with Gasteiger partial charge in [-0.1, -0.05) is 44.2 Å². The van der Waals surface area contributed by atoms with Gasteiger partial charge >= 0.3 is 5.69 Å². The predicted octanol–water partition coefficient (Wildman–Crippen LogP) is 3.55. The monoisotopic (exact) mass is 537 g/mol. The Labute approximate surface area is 221 Å². The van der Waals surface area contributed by atoms with Crippen molar-refractivity contribution in [2.45, 2.75) is 39.2 Å². The molecule has 2 N–H and O–H groups in total. The van der Waals surface area contributed by atoms with Crippen LogP contribution < -0.4 is 16.1 Å². The molecule has 0 spiro atoms. The molecule has 0 radical (unpaired) electrons. The van der Waals surface area contributed by atoms with Crippen LogP contribution in [0.1, 0.15) is 38.3 Å². The maximum atomic E-state index is 12.7. The van der Waals surface area contributed by atoms with Crippen LogP contribution in [0.3, 0.4) is 0 Å². The van der Waals surface area contributed by atoms with Gasteiger partial charge in [-0.3, -0.25) is 18.5 Å². The molecule has 10 heteroatoms. The van der Waals surface area contributed by atoms with Gasteiger partial charge in [0.1, 0.15) is 5.56 Å². The Balaban J connectivity index is 1.81. The van der Waals surface area contributed by atoms with Crippen LogP contribution >= 0.6 is 0 Å². The normalized spacial score (nSPS) is 15.5. The van der Waals surface area contributed by atoms with Crippen LogP contribution in [-0.2, 0) is 29.1 Å². The minimum absolute atomic E-state index is 0.0476. The van der Waals surface area contributed by atoms with Crippen LogP contribution in [0.15, 0.2) is 69.6 Å². The topological polar surface area (TPSA) is 122 Å². The number of nitrogens with zero attached hydrogens (tertiary/aromatic N) is 3. The molecular formula is C28H31N3O6S. The van der Waals surface area contributed by atoms with Crippen LogP contribution in [0.2, 0.25) is 0 Å². The summed E-state index contributed by atoms with van der Waals surface area (Å²) in [7, 11) is -2.71. The molecule has 1 aromatic heterocycles. The molecule has 0 bridgehead atoms. The summed E-state index contributed by atoms with van der Waals surface area (Å²) in [6.07, 6.45) is 5.03. The van der Waals surface area contributed by atoms with E-state index >= 15 is 0 Å². The van der Waals surface area contributed by atoms with E-state index in [2.05, 4.69) is 25.6 Å². The van der Waals surface area contributed by atoms with Gasteiger partial charge in [0.2, 0.25) is 5.88 Å². The van der Waals surface area contributed by atoms with Crippen LogP contribution in [0, 0.1) is 0 Å². The Morgan fingerprint density at radius 2 is 1.82 bits per heavy atom. The van der Waals surface area contributed by atoms with Gasteiger partial charge in [-0.25, -0.2) is 4.79 Å². The Morgan fingerprint density at radius 3 is 2.50 bits per heavy atom. The highest BCUT2D eigenvalue weighted by Crippen LogP contribution is 2.50. The van der Waals surface area contributed by atoms with Crippen molar-refractivity contribution in [1.29, 1.82) is 0 Å². The minimum Gasteiger partial charge on any atom is -0.494 e. The zero-order chi connectivity index (χ0) is 27.8. The lowest BCUT2D eigenvalue weighted by Gasteiger charge is -2.27. The van der Waals surface area contributed by atoms with Gasteiger partial charge in [-0.15, -0.1) is 5.73 Å². The average molecular weight is 538 g/mol. The lowest BCUT2D eigenvalue weighted by atomic mass is 9.81. The van der Waals surface area contributed by atoms with Gasteiger partial charge in [0, 0.05) is 36.9 Å². The second-order valence-corrected chi connectivity index (χ2v) is 11.3. The van der Waals surface area contributed by atoms with Crippen molar-refractivity contribution in [1.82, 2.24) is 9.13 Å². The maximum absolute atomic E-state index is 12.7. The zero-order valence-electron chi connectivity index (χ0n) is 21.8. The van der Waals surface area contributed by atoms with Crippen molar-refractivity contribution in [2.75, 3.05) is 17.2 Å². The molecule has 1 aliphatic rings. The lowest BCUT2D eigenvalue weighted by Crippen LogP contribution is -2.39. The molecule has 0 unspecified atom stereocenters. The van der Waals surface area contributed by atoms with Crippen LogP contribution in [0.4, 0.5) is 5.69 Å². The van der Waals surface area contributed by atoms with Crippen molar-refractivity contribution >= 4 is 32.7 Å². The van der Waals surface area contributed by atoms with E-state index in [1.54, 1.807) is 13.0 Å². The van der Waals surface area contributed by atoms with Gasteiger partial charge in [0.15, 0.2) is 0 Å². The van der Waals surface area contributed by atoms with Crippen LogP contribution in [-0.4, -0.2) is 39.5 Å². The number of aromatic hydroxyl groups is 1. The molecule has 38 heavy (non-hydrogen) atoms. The molecule has 9 nitrogen and oxygen atoms in total. The second-order valence-electron chi connectivity index (χ2n) is 9.75. The number of allylic oxidation sites excluding steroid dienone is 3. The molecule has 3 aromatic rings. The second kappa shape index (κ2) is 10.1. The van der Waals surface area contributed by atoms with E-state index < -0.39 is 32.7 Å². The van der Waals surface area contributed by atoms with Crippen molar-refractivity contribution in [2.24, 2.45) is 7.05 Å². The standard InChI is InChI=1S/C28H31N3O6S/c1-5-30-26(33)21(25(32)29(4)27(30)34)13-8-9-14-23-28(2,3)24-20-12-7-6-11-19(20)15-16-22(24)31(23)17-10-18-38(35,36)37/h6-7,9,11-16,32H,5,10,17-18H2,1-4H3,(H,35,36,37). The molecule has 1 aliphatic heterocycles. The third-order valence-electron chi connectivity index (χ3n) is 6.97. The summed E-state index contributed by atoms with van der Waals surface area (Å²) in [5.74, 6) is -0.795. The molecule has 0 amide bonds. The first kappa shape index (κ1) is 27.2. The van der Waals surface area contributed by atoms with Gasteiger partial charge in [-0.2, -0.15) is 8.42 Å². The third kappa shape index (κ3) is 4.86. The van der Waals surface area contributed by atoms with E-state index in [-0.39, 0.29) is 24.3 Å². The van der Waals surface area contributed by atoms with E-state index in [4.69, 9.17) is 0 Å². The quantitative estimate of drug-likeness (QED) is 0.349. The van der Waals surface area contributed by atoms with E-state index in [0.717, 1.165) is 36.9 Å². The summed E-state index contributed by atoms with van der Waals surface area (Å²) in [6.45, 7) is 6.38. The van der Waals surface area contributed by atoms with E-state index in [1.807, 2.05) is 41.3 Å². The molecule has 2 heterocycles. The molecule has 200 valence electrons. The molecule has 0 atom stereocenters. The van der Waals surface area contributed by atoms with E-state index in [0.29, 0.717) is 6.54 Å². The predicted molar refractivity (Wildman–Crippen MR) is 149 cm³/mol. The van der Waals surface area contributed by atoms with Crippen LogP contribution in [0.5, 0.6) is 5.88 Å². The molecule has 0 aliphatic carbocycles. The number of aromatic nitrogens is 2. The summed E-state index contributed by atoms with van der Waals surface area (Å²) in [5, 5.41) is 12.5. The van der Waals surface area contributed by atoms with Crippen molar-refractivity contribution < 1.29 is 18.1 Å². The summed E-state index contributed by atoms with van der Waals surface area (Å²) in [5.41, 5.74) is 4.17. The Hall–Kier alpha value is -3.85. The van der Waals surface area contributed by atoms with Gasteiger partial charge in [-0.05, 0) is 54.0 Å². The highest BCUT2D eigenvalue weighted by molar-refractivity contribution is 7.85. The molecule has 0 saturated carbocycles. The number of hydrogen-bond donors (Lipinski definition) is 2. The molecule has 0 fully saturated rings. The Morgan fingerprint density at radius 1 is 1.11 bits per heavy atom. The maximum Gasteiger partial charge on any atom is 0.333 e. The van der Waals surface area contributed by atoms with Gasteiger partial charge in [0.25, 0.3) is 15.7 Å². The number of anilines is 1. The number of rotatable bonds is 7. The molecule has 2 aromatic carbocycles. The zero-order valence-corrected chi connectivity index (χ0v) is 22.6. The SMILES string of the molecule is CCn1c(=O)c(C=C=CC=C2N(CCCS(=O)(=O)O)c3ccc4ccccc4c3C2(C)C)c(O)n(C)c1=O. The minimum atomic E-state index is -4.10. The average Bonchev–Trinajstić information content (AvgIpc) is 3.08. The molecule has 4 rings (SSSR count). The highest BCUT2D eigenvalue weighted by atomic mass is 32.2. The van der Waals surface area contributed by atoms with Crippen molar-refractivity contribution in [3.8, 4) is 5.88 Å². The largest absolute Gasteiger partial charge is 0.494 e.